The summed E-state index contributed by atoms with van der Waals surface area (Å²) in [5, 5.41) is 9.50. The van der Waals surface area contributed by atoms with Crippen molar-refractivity contribution in [3.8, 4) is 0 Å². The monoisotopic (exact) mass is 678 g/mol. The zero-order chi connectivity index (χ0) is 24.2. The van der Waals surface area contributed by atoms with Crippen molar-refractivity contribution in [1.82, 2.24) is 20.7 Å². The summed E-state index contributed by atoms with van der Waals surface area (Å²) in [6.07, 6.45) is 11.3. The van der Waals surface area contributed by atoms with Crippen LogP contribution in [0.25, 0.3) is 0 Å². The van der Waals surface area contributed by atoms with Crippen LogP contribution in [0.3, 0.4) is 0 Å². The van der Waals surface area contributed by atoms with Gasteiger partial charge in [-0.25, -0.2) is 0 Å². The summed E-state index contributed by atoms with van der Waals surface area (Å²) in [5.41, 5.74) is 5.74. The van der Waals surface area contributed by atoms with Crippen LogP contribution in [0.4, 0.5) is 0 Å². The summed E-state index contributed by atoms with van der Waals surface area (Å²) in [6, 6.07) is 7.34. The number of piperidine rings is 2. The molecule has 4 heterocycles. The molecule has 2 aliphatic heterocycles. The first-order valence-electron chi connectivity index (χ1n) is 11.7. The van der Waals surface area contributed by atoms with E-state index < -0.39 is 0 Å². The minimum absolute atomic E-state index is 0. The maximum atomic E-state index is 5.28. The fourth-order valence-electron chi connectivity index (χ4n) is 3.60. The van der Waals surface area contributed by atoms with Crippen LogP contribution in [0.5, 0.6) is 0 Å². The summed E-state index contributed by atoms with van der Waals surface area (Å²) in [4.78, 5) is 4.32. The Morgan fingerprint density at radius 3 is 1.43 bits per heavy atom. The zero-order valence-corrected chi connectivity index (χ0v) is 25.6. The third-order valence-corrected chi connectivity index (χ3v) is 6.63. The van der Waals surface area contributed by atoms with E-state index in [-0.39, 0.29) is 45.2 Å². The van der Waals surface area contributed by atoms with Gasteiger partial charge in [-0.2, -0.15) is 10.2 Å². The standard InChI is InChI=1S/2C12H17N3OS.2ClH.Pd/c2*1-10-4-6-15(7-5-10)12(17)14-13-9-11-3-2-8-16-11;;;/h2*2-3,8-10H,4-7H2,1H3,(H,14,17);2*1H;/q;;;;+2/p-2/b2*13-9+;;;. The summed E-state index contributed by atoms with van der Waals surface area (Å²) < 4.78 is 10.3. The van der Waals surface area contributed by atoms with E-state index in [2.05, 4.69) is 44.7 Å². The molecule has 4 rings (SSSR count). The van der Waals surface area contributed by atoms with Gasteiger partial charge in [0, 0.05) is 26.2 Å². The van der Waals surface area contributed by atoms with Crippen LogP contribution in [-0.2, 0) is 20.4 Å². The normalized spacial score (nSPS) is 16.2. The number of furan rings is 2. The smallest absolute Gasteiger partial charge is 1.00 e. The van der Waals surface area contributed by atoms with Crippen LogP contribution in [0, 0.1) is 11.8 Å². The molecule has 0 aromatic carbocycles. The molecule has 13 heteroatoms. The molecule has 0 spiro atoms. The van der Waals surface area contributed by atoms with Crippen molar-refractivity contribution in [3.05, 3.63) is 48.3 Å². The SMILES string of the molecule is CC1CCN(C(=S)N/N=C/c2ccco2)CC1.CC1CCN(C(=S)N/N=C/c2ccco2)CC1.[Cl-].[Cl-].[Pd+2]. The van der Waals surface area contributed by atoms with Gasteiger partial charge in [0.1, 0.15) is 11.5 Å². The van der Waals surface area contributed by atoms with Crippen molar-refractivity contribution < 1.29 is 54.1 Å². The third-order valence-electron chi connectivity index (χ3n) is 5.93. The predicted octanol–water partition coefficient (Wildman–Crippen LogP) is -1.55. The van der Waals surface area contributed by atoms with Crippen LogP contribution in [0.15, 0.2) is 55.8 Å². The van der Waals surface area contributed by atoms with E-state index in [1.807, 2.05) is 24.3 Å². The second-order valence-corrected chi connectivity index (χ2v) is 9.49. The van der Waals surface area contributed by atoms with Crippen molar-refractivity contribution >= 4 is 47.1 Å². The van der Waals surface area contributed by atoms with Gasteiger partial charge in [0.05, 0.1) is 25.0 Å². The number of hydrogen-bond donors (Lipinski definition) is 2. The van der Waals surface area contributed by atoms with Crippen LogP contribution in [-0.4, -0.2) is 58.6 Å². The molecule has 37 heavy (non-hydrogen) atoms. The molecule has 2 fully saturated rings. The summed E-state index contributed by atoms with van der Waals surface area (Å²) >= 11 is 10.6. The van der Waals surface area contributed by atoms with Gasteiger partial charge < -0.3 is 43.4 Å². The number of rotatable bonds is 4. The van der Waals surface area contributed by atoms with E-state index in [1.54, 1.807) is 25.0 Å². The molecular weight excluding hydrogens is 646 g/mol. The van der Waals surface area contributed by atoms with Gasteiger partial charge in [-0.05, 0) is 86.2 Å². The second-order valence-electron chi connectivity index (χ2n) is 8.72. The topological polar surface area (TPSA) is 81.5 Å². The Hall–Kier alpha value is -1.48. The summed E-state index contributed by atoms with van der Waals surface area (Å²) in [5.74, 6) is 3.04. The predicted molar refractivity (Wildman–Crippen MR) is 144 cm³/mol. The zero-order valence-electron chi connectivity index (χ0n) is 20.9. The second kappa shape index (κ2) is 19.6. The van der Waals surface area contributed by atoms with Crippen molar-refractivity contribution in [1.29, 1.82) is 0 Å². The molecule has 2 N–H and O–H groups in total. The van der Waals surface area contributed by atoms with Crippen molar-refractivity contribution in [2.45, 2.75) is 39.5 Å². The Balaban J connectivity index is 0.000000648. The number of nitrogens with one attached hydrogen (secondary N) is 2. The molecule has 0 atom stereocenters. The van der Waals surface area contributed by atoms with Gasteiger partial charge in [-0.3, -0.25) is 10.9 Å². The first-order chi connectivity index (χ1) is 16.5. The van der Waals surface area contributed by atoms with Crippen LogP contribution in [0.2, 0.25) is 0 Å². The first-order valence-corrected chi connectivity index (χ1v) is 12.6. The molecule has 0 saturated carbocycles. The Kier molecular flexibility index (Phi) is 18.8. The van der Waals surface area contributed by atoms with Crippen molar-refractivity contribution in [2.75, 3.05) is 26.2 Å². The maximum Gasteiger partial charge on any atom is 2.00 e. The van der Waals surface area contributed by atoms with E-state index in [0.717, 1.165) is 38.0 Å². The quantitative estimate of drug-likeness (QED) is 0.174. The van der Waals surface area contributed by atoms with Gasteiger partial charge in [0.2, 0.25) is 0 Å². The fourth-order valence-corrected chi connectivity index (χ4v) is 4.07. The van der Waals surface area contributed by atoms with Crippen molar-refractivity contribution in [3.63, 3.8) is 0 Å². The Labute approximate surface area is 256 Å². The average Bonchev–Trinajstić information content (AvgIpc) is 3.55. The Morgan fingerprint density at radius 2 is 1.14 bits per heavy atom. The summed E-state index contributed by atoms with van der Waals surface area (Å²) in [6.45, 7) is 8.63. The van der Waals surface area contributed by atoms with Crippen molar-refractivity contribution in [2.24, 2.45) is 22.0 Å². The van der Waals surface area contributed by atoms with Crippen LogP contribution in [0.1, 0.15) is 51.1 Å². The van der Waals surface area contributed by atoms with Gasteiger partial charge in [0.15, 0.2) is 10.2 Å². The number of hydrogen-bond acceptors (Lipinski definition) is 6. The molecule has 0 aliphatic carbocycles. The first kappa shape index (κ1) is 35.5. The molecule has 0 amide bonds. The van der Waals surface area contributed by atoms with E-state index >= 15 is 0 Å². The number of thiocarbonyl (C=S) groups is 2. The largest absolute Gasteiger partial charge is 2.00 e. The minimum atomic E-state index is 0. The van der Waals surface area contributed by atoms with E-state index in [4.69, 9.17) is 33.3 Å². The molecule has 208 valence electrons. The van der Waals surface area contributed by atoms with Gasteiger partial charge in [-0.1, -0.05) is 13.8 Å². The summed E-state index contributed by atoms with van der Waals surface area (Å²) in [7, 11) is 0. The molecule has 0 radical (unpaired) electrons. The van der Waals surface area contributed by atoms with E-state index in [9.17, 15) is 0 Å². The van der Waals surface area contributed by atoms with Crippen LogP contribution < -0.4 is 35.7 Å². The number of hydrazone groups is 2. The molecule has 2 aliphatic rings. The van der Waals surface area contributed by atoms with Gasteiger partial charge >= 0.3 is 20.4 Å². The molecule has 0 bridgehead atoms. The van der Waals surface area contributed by atoms with Crippen LogP contribution >= 0.6 is 24.4 Å². The molecular formula is C24H34Cl2N6O2PdS2. The van der Waals surface area contributed by atoms with E-state index in [0.29, 0.717) is 21.7 Å². The number of likely N-dealkylation sites (tertiary alicyclic amines) is 2. The molecule has 2 saturated heterocycles. The number of halogens is 2. The van der Waals surface area contributed by atoms with Gasteiger partial charge in [0.25, 0.3) is 0 Å². The Bertz CT molecular complexity index is 855. The minimum Gasteiger partial charge on any atom is -1.00 e. The average molecular weight is 680 g/mol. The molecule has 2 aromatic heterocycles. The number of nitrogens with zero attached hydrogens (tertiary/aromatic N) is 4. The van der Waals surface area contributed by atoms with E-state index in [1.165, 1.54) is 25.7 Å². The molecule has 0 unspecified atom stereocenters. The molecule has 2 aromatic rings. The van der Waals surface area contributed by atoms with Gasteiger partial charge in [-0.15, -0.1) is 0 Å². The fraction of sp³-hybridized carbons (Fsp3) is 0.500. The third kappa shape index (κ3) is 13.2. The molecule has 8 nitrogen and oxygen atoms in total. The maximum absolute atomic E-state index is 5.28. The Morgan fingerprint density at radius 1 is 0.784 bits per heavy atom.